The fraction of sp³-hybridized carbons (Fsp3) is 0.118. The highest BCUT2D eigenvalue weighted by molar-refractivity contribution is 6.11. The van der Waals surface area contributed by atoms with Crippen molar-refractivity contribution in [3.8, 4) is 0 Å². The van der Waals surface area contributed by atoms with Gasteiger partial charge in [0.15, 0.2) is 5.94 Å². The van der Waals surface area contributed by atoms with Crippen molar-refractivity contribution in [2.45, 2.75) is 6.92 Å². The Kier molecular flexibility index (Phi) is 5.20. The van der Waals surface area contributed by atoms with Crippen molar-refractivity contribution in [3.05, 3.63) is 71.9 Å². The average molecular weight is 297 g/mol. The molecule has 0 unspecified atom stereocenters. The molecule has 0 spiro atoms. The monoisotopic (exact) mass is 297 g/mol. The van der Waals surface area contributed by atoms with Crippen LogP contribution < -0.4 is 10.6 Å². The van der Waals surface area contributed by atoms with E-state index < -0.39 is 5.83 Å². The summed E-state index contributed by atoms with van der Waals surface area (Å²) >= 11 is 0. The number of allylic oxidation sites excluding steroid dienone is 5. The van der Waals surface area contributed by atoms with Crippen LogP contribution in [0, 0.1) is 0 Å². The van der Waals surface area contributed by atoms with Crippen LogP contribution in [0.4, 0.5) is 10.1 Å². The number of hydrogen-bond acceptors (Lipinski definition) is 4. The molecule has 0 fully saturated rings. The standard InChI is InChI=1S/C17H16FN3O/c1-2-16(18)17(20-12-19)13-6-5-8-14(10-13)21-9-4-3-7-15(21)11-22/h2-10H,12,19H2,1H3/b16-2+,20-17-. The molecule has 1 aliphatic heterocycles. The Morgan fingerprint density at radius 3 is 2.95 bits per heavy atom. The van der Waals surface area contributed by atoms with E-state index >= 15 is 0 Å². The number of rotatable bonds is 4. The summed E-state index contributed by atoms with van der Waals surface area (Å²) in [5, 5.41) is 0. The van der Waals surface area contributed by atoms with Crippen LogP contribution in [-0.4, -0.2) is 18.3 Å². The summed E-state index contributed by atoms with van der Waals surface area (Å²) in [4.78, 5) is 16.7. The number of nitrogens with zero attached hydrogens (tertiary/aromatic N) is 2. The minimum absolute atomic E-state index is 0.00728. The smallest absolute Gasteiger partial charge is 0.151 e. The molecule has 1 aromatic rings. The van der Waals surface area contributed by atoms with Gasteiger partial charge >= 0.3 is 0 Å². The fourth-order valence-corrected chi connectivity index (χ4v) is 2.09. The molecule has 5 heteroatoms. The molecule has 0 atom stereocenters. The largest absolute Gasteiger partial charge is 0.312 e. The topological polar surface area (TPSA) is 58.7 Å². The van der Waals surface area contributed by atoms with Gasteiger partial charge < -0.3 is 10.6 Å². The first kappa shape index (κ1) is 15.6. The molecule has 4 nitrogen and oxygen atoms in total. The third kappa shape index (κ3) is 3.28. The van der Waals surface area contributed by atoms with Crippen LogP contribution in [0.5, 0.6) is 0 Å². The molecule has 2 N–H and O–H groups in total. The van der Waals surface area contributed by atoms with Crippen LogP contribution in [0.1, 0.15) is 12.5 Å². The predicted molar refractivity (Wildman–Crippen MR) is 86.9 cm³/mol. The van der Waals surface area contributed by atoms with E-state index in [1.54, 1.807) is 54.5 Å². The first-order valence-electron chi connectivity index (χ1n) is 6.77. The Balaban J connectivity index is 2.46. The lowest BCUT2D eigenvalue weighted by molar-refractivity contribution is 0.567. The van der Waals surface area contributed by atoms with Crippen LogP contribution in [0.25, 0.3) is 0 Å². The Labute approximate surface area is 128 Å². The molecule has 0 bridgehead atoms. The zero-order valence-corrected chi connectivity index (χ0v) is 12.2. The fourth-order valence-electron chi connectivity index (χ4n) is 2.09. The lowest BCUT2D eigenvalue weighted by Crippen LogP contribution is -2.17. The van der Waals surface area contributed by atoms with Gasteiger partial charge in [-0.05, 0) is 37.3 Å². The van der Waals surface area contributed by atoms with Crippen molar-refractivity contribution >= 4 is 17.3 Å². The van der Waals surface area contributed by atoms with Crippen molar-refractivity contribution in [2.24, 2.45) is 10.7 Å². The summed E-state index contributed by atoms with van der Waals surface area (Å²) < 4.78 is 14.0. The number of carbonyl (C=O) groups excluding carboxylic acids is 1. The number of halogens is 1. The van der Waals surface area contributed by atoms with E-state index in [0.717, 1.165) is 0 Å². The Morgan fingerprint density at radius 2 is 2.27 bits per heavy atom. The second kappa shape index (κ2) is 7.31. The molecule has 1 aromatic carbocycles. The van der Waals surface area contributed by atoms with Crippen LogP contribution in [0.3, 0.4) is 0 Å². The van der Waals surface area contributed by atoms with E-state index in [-0.39, 0.29) is 12.4 Å². The van der Waals surface area contributed by atoms with Crippen molar-refractivity contribution in [3.63, 3.8) is 0 Å². The van der Waals surface area contributed by atoms with Gasteiger partial charge in [0.1, 0.15) is 17.2 Å². The van der Waals surface area contributed by atoms with E-state index in [1.165, 1.54) is 6.08 Å². The quantitative estimate of drug-likeness (QED) is 0.686. The number of nitrogens with two attached hydrogens (primary N) is 1. The SMILES string of the molecule is C/C=C(F)\C(=N/CN)c1cccc(N2C=CC=CC2=C=O)c1. The number of anilines is 1. The lowest BCUT2D eigenvalue weighted by Gasteiger charge is -2.21. The van der Waals surface area contributed by atoms with Gasteiger partial charge in [-0.15, -0.1) is 0 Å². The summed E-state index contributed by atoms with van der Waals surface area (Å²) in [7, 11) is 0. The van der Waals surface area contributed by atoms with Crippen molar-refractivity contribution in [2.75, 3.05) is 11.6 Å². The number of aliphatic imine (C=N–C) groups is 1. The van der Waals surface area contributed by atoms with E-state index in [9.17, 15) is 9.18 Å². The molecule has 1 aliphatic rings. The van der Waals surface area contributed by atoms with Crippen LogP contribution >= 0.6 is 0 Å². The Bertz CT molecular complexity index is 725. The van der Waals surface area contributed by atoms with Gasteiger partial charge in [0.05, 0.1) is 6.67 Å². The molecule has 0 aliphatic carbocycles. The minimum Gasteiger partial charge on any atom is -0.312 e. The molecular formula is C17H16FN3O. The van der Waals surface area contributed by atoms with Gasteiger partial charge in [-0.2, -0.15) is 0 Å². The summed E-state index contributed by atoms with van der Waals surface area (Å²) in [6.45, 7) is 1.59. The van der Waals surface area contributed by atoms with Crippen molar-refractivity contribution in [1.29, 1.82) is 0 Å². The van der Waals surface area contributed by atoms with Gasteiger partial charge in [-0.25, -0.2) is 9.18 Å². The highest BCUT2D eigenvalue weighted by atomic mass is 19.1. The molecule has 0 radical (unpaired) electrons. The maximum absolute atomic E-state index is 14.0. The third-order valence-corrected chi connectivity index (χ3v) is 3.09. The summed E-state index contributed by atoms with van der Waals surface area (Å²) in [5.74, 6) is 1.44. The summed E-state index contributed by atoms with van der Waals surface area (Å²) in [6, 6.07) is 7.08. The second-order valence-electron chi connectivity index (χ2n) is 4.43. The summed E-state index contributed by atoms with van der Waals surface area (Å²) in [5.41, 5.74) is 7.29. The molecule has 0 aromatic heterocycles. The maximum atomic E-state index is 14.0. The highest BCUT2D eigenvalue weighted by Gasteiger charge is 2.14. The van der Waals surface area contributed by atoms with E-state index in [1.807, 2.05) is 12.0 Å². The molecule has 112 valence electrons. The molecule has 0 saturated carbocycles. The Morgan fingerprint density at radius 1 is 1.45 bits per heavy atom. The second-order valence-corrected chi connectivity index (χ2v) is 4.43. The van der Waals surface area contributed by atoms with Gasteiger partial charge in [0, 0.05) is 17.5 Å². The first-order chi connectivity index (χ1) is 10.7. The van der Waals surface area contributed by atoms with Gasteiger partial charge in [0.2, 0.25) is 0 Å². The van der Waals surface area contributed by atoms with Gasteiger partial charge in [-0.1, -0.05) is 18.2 Å². The van der Waals surface area contributed by atoms with Crippen LogP contribution in [0.15, 0.2) is 71.3 Å². The maximum Gasteiger partial charge on any atom is 0.151 e. The average Bonchev–Trinajstić information content (AvgIpc) is 2.59. The van der Waals surface area contributed by atoms with Gasteiger partial charge in [-0.3, -0.25) is 4.99 Å². The van der Waals surface area contributed by atoms with E-state index in [2.05, 4.69) is 4.99 Å². The van der Waals surface area contributed by atoms with Gasteiger partial charge in [0.25, 0.3) is 0 Å². The Hall–Kier alpha value is -2.75. The molecule has 0 saturated heterocycles. The molecular weight excluding hydrogens is 281 g/mol. The number of hydrogen-bond donors (Lipinski definition) is 1. The summed E-state index contributed by atoms with van der Waals surface area (Å²) in [6.07, 6.45) is 8.28. The molecule has 2 rings (SSSR count). The normalized spacial score (nSPS) is 15.2. The first-order valence-corrected chi connectivity index (χ1v) is 6.77. The zero-order valence-electron chi connectivity index (χ0n) is 12.2. The number of benzene rings is 1. The zero-order chi connectivity index (χ0) is 15.9. The predicted octanol–water partition coefficient (Wildman–Crippen LogP) is 2.87. The van der Waals surface area contributed by atoms with Crippen molar-refractivity contribution in [1.82, 2.24) is 0 Å². The lowest BCUT2D eigenvalue weighted by atomic mass is 10.1. The third-order valence-electron chi connectivity index (χ3n) is 3.09. The van der Waals surface area contributed by atoms with Crippen molar-refractivity contribution < 1.29 is 9.18 Å². The molecule has 1 heterocycles. The van der Waals surface area contributed by atoms with Crippen LogP contribution in [0.2, 0.25) is 0 Å². The molecule has 22 heavy (non-hydrogen) atoms. The van der Waals surface area contributed by atoms with E-state index in [4.69, 9.17) is 5.73 Å². The van der Waals surface area contributed by atoms with Crippen LogP contribution in [-0.2, 0) is 4.79 Å². The van der Waals surface area contributed by atoms with E-state index in [0.29, 0.717) is 16.9 Å². The molecule has 0 amide bonds. The highest BCUT2D eigenvalue weighted by Crippen LogP contribution is 2.24. The minimum atomic E-state index is -0.442.